The highest BCUT2D eigenvalue weighted by atomic mass is 32.2. The molecule has 34 heavy (non-hydrogen) atoms. The molecule has 0 fully saturated rings. The highest BCUT2D eigenvalue weighted by Gasteiger charge is 2.23. The summed E-state index contributed by atoms with van der Waals surface area (Å²) in [7, 11) is 0. The first-order valence-corrected chi connectivity index (χ1v) is 10.8. The molecule has 1 amide bonds. The number of nitro groups is 1. The van der Waals surface area contributed by atoms with Crippen molar-refractivity contribution in [2.24, 2.45) is 0 Å². The third-order valence-corrected chi connectivity index (χ3v) is 5.35. The van der Waals surface area contributed by atoms with Crippen LogP contribution in [0.15, 0.2) is 65.6 Å². The summed E-state index contributed by atoms with van der Waals surface area (Å²) in [5, 5.41) is 13.6. The average Bonchev–Trinajstić information content (AvgIpc) is 2.83. The summed E-state index contributed by atoms with van der Waals surface area (Å²) in [5.41, 5.74) is -0.497. The molecule has 0 atom stereocenters. The monoisotopic (exact) mass is 486 g/mol. The average molecular weight is 486 g/mol. The van der Waals surface area contributed by atoms with Gasteiger partial charge in [-0.25, -0.2) is 13.6 Å². The number of rotatable bonds is 8. The molecule has 0 aliphatic carbocycles. The lowest BCUT2D eigenvalue weighted by molar-refractivity contribution is -0.387. The normalized spacial score (nSPS) is 10.4. The van der Waals surface area contributed by atoms with Gasteiger partial charge in [0.2, 0.25) is 0 Å². The molecule has 0 unspecified atom stereocenters. The summed E-state index contributed by atoms with van der Waals surface area (Å²) in [4.78, 5) is 48.7. The van der Waals surface area contributed by atoms with Gasteiger partial charge in [-0.15, -0.1) is 11.8 Å². The molecule has 0 bridgehead atoms. The second-order valence-electron chi connectivity index (χ2n) is 6.77. The van der Waals surface area contributed by atoms with E-state index in [0.717, 1.165) is 36.0 Å². The molecule has 0 aliphatic heterocycles. The zero-order chi connectivity index (χ0) is 24.8. The predicted molar refractivity (Wildman–Crippen MR) is 120 cm³/mol. The van der Waals surface area contributed by atoms with Crippen LogP contribution in [0, 0.1) is 21.7 Å². The second kappa shape index (κ2) is 10.7. The van der Waals surface area contributed by atoms with Crippen LogP contribution in [0.2, 0.25) is 0 Å². The van der Waals surface area contributed by atoms with Gasteiger partial charge in [0.25, 0.3) is 11.6 Å². The molecule has 0 spiro atoms. The Hall–Kier alpha value is -4.12. The van der Waals surface area contributed by atoms with Crippen molar-refractivity contribution in [1.82, 2.24) is 0 Å². The Morgan fingerprint density at radius 1 is 1.00 bits per heavy atom. The Morgan fingerprint density at radius 3 is 2.35 bits per heavy atom. The van der Waals surface area contributed by atoms with Crippen molar-refractivity contribution in [2.75, 3.05) is 18.2 Å². The first kappa shape index (κ1) is 24.5. The quantitative estimate of drug-likeness (QED) is 0.162. The first-order chi connectivity index (χ1) is 16.2. The number of nitro benzene ring substituents is 1. The van der Waals surface area contributed by atoms with E-state index in [9.17, 15) is 33.3 Å². The maximum absolute atomic E-state index is 13.3. The van der Waals surface area contributed by atoms with Crippen molar-refractivity contribution < 1.29 is 32.8 Å². The van der Waals surface area contributed by atoms with E-state index in [1.807, 2.05) is 0 Å². The lowest BCUT2D eigenvalue weighted by atomic mass is 9.98. The van der Waals surface area contributed by atoms with Gasteiger partial charge in [-0.3, -0.25) is 19.7 Å². The molecule has 0 saturated carbocycles. The fourth-order valence-corrected chi connectivity index (χ4v) is 3.52. The molecule has 3 rings (SSSR count). The third kappa shape index (κ3) is 5.62. The summed E-state index contributed by atoms with van der Waals surface area (Å²) < 4.78 is 31.2. The number of halogens is 2. The molecule has 1 N–H and O–H groups in total. The summed E-state index contributed by atoms with van der Waals surface area (Å²) in [6, 6.07) is 12.4. The van der Waals surface area contributed by atoms with Crippen LogP contribution < -0.4 is 5.32 Å². The van der Waals surface area contributed by atoms with Crippen LogP contribution in [0.4, 0.5) is 20.2 Å². The van der Waals surface area contributed by atoms with E-state index in [-0.39, 0.29) is 28.1 Å². The Morgan fingerprint density at radius 2 is 1.71 bits per heavy atom. The molecular formula is C23H16F2N2O6S. The minimum atomic E-state index is -1.16. The smallest absolute Gasteiger partial charge is 0.339 e. The number of carbonyl (C=O) groups excluding carboxylic acids is 3. The SMILES string of the molecule is CSc1ccc(C(=O)c2ccccc2C(=O)OCC(=O)Nc2ccc(F)c(F)c2)cc1[N+](=O)[O-]. The number of ether oxygens (including phenoxy) is 1. The van der Waals surface area contributed by atoms with Crippen LogP contribution in [0.25, 0.3) is 0 Å². The van der Waals surface area contributed by atoms with E-state index in [2.05, 4.69) is 5.32 Å². The van der Waals surface area contributed by atoms with E-state index in [0.29, 0.717) is 4.90 Å². The Bertz CT molecular complexity index is 1300. The van der Waals surface area contributed by atoms with Gasteiger partial charge >= 0.3 is 5.97 Å². The molecule has 0 heterocycles. The van der Waals surface area contributed by atoms with Crippen LogP contribution in [-0.4, -0.2) is 35.4 Å². The fourth-order valence-electron chi connectivity index (χ4n) is 2.97. The van der Waals surface area contributed by atoms with E-state index >= 15 is 0 Å². The molecule has 0 saturated heterocycles. The highest BCUT2D eigenvalue weighted by molar-refractivity contribution is 7.98. The minimum Gasteiger partial charge on any atom is -0.452 e. The number of thioether (sulfide) groups is 1. The molecule has 0 aliphatic rings. The van der Waals surface area contributed by atoms with Crippen LogP contribution in [-0.2, 0) is 9.53 Å². The number of nitrogens with one attached hydrogen (secondary N) is 1. The molecule has 3 aromatic rings. The zero-order valence-corrected chi connectivity index (χ0v) is 18.4. The maximum Gasteiger partial charge on any atom is 0.339 e. The van der Waals surface area contributed by atoms with Crippen molar-refractivity contribution in [3.63, 3.8) is 0 Å². The number of amides is 1. The van der Waals surface area contributed by atoms with E-state index in [1.165, 1.54) is 36.4 Å². The van der Waals surface area contributed by atoms with Gasteiger partial charge < -0.3 is 10.1 Å². The molecule has 0 aromatic heterocycles. The van der Waals surface area contributed by atoms with Crippen LogP contribution in [0.5, 0.6) is 0 Å². The molecule has 0 radical (unpaired) electrons. The molecule has 8 nitrogen and oxygen atoms in total. The van der Waals surface area contributed by atoms with E-state index in [1.54, 1.807) is 6.26 Å². The van der Waals surface area contributed by atoms with Gasteiger partial charge in [-0.1, -0.05) is 18.2 Å². The van der Waals surface area contributed by atoms with Crippen molar-refractivity contribution in [1.29, 1.82) is 0 Å². The van der Waals surface area contributed by atoms with Gasteiger partial charge in [0, 0.05) is 28.9 Å². The number of nitrogens with zero attached hydrogens (tertiary/aromatic N) is 1. The second-order valence-corrected chi connectivity index (χ2v) is 7.62. The number of anilines is 1. The van der Waals surface area contributed by atoms with Gasteiger partial charge in [0.05, 0.1) is 15.4 Å². The maximum atomic E-state index is 13.3. The van der Waals surface area contributed by atoms with Crippen molar-refractivity contribution >= 4 is 40.8 Å². The van der Waals surface area contributed by atoms with Crippen molar-refractivity contribution in [2.45, 2.75) is 4.90 Å². The Kier molecular flexibility index (Phi) is 7.69. The standard InChI is InChI=1S/C23H16F2N2O6S/c1-34-20-9-6-13(10-19(20)27(31)32)22(29)15-4-2-3-5-16(15)23(30)33-12-21(28)26-14-7-8-17(24)18(25)11-14/h2-11H,12H2,1H3,(H,26,28). The third-order valence-electron chi connectivity index (χ3n) is 4.57. The molecular weight excluding hydrogens is 470 g/mol. The summed E-state index contributed by atoms with van der Waals surface area (Å²) >= 11 is 1.15. The number of esters is 1. The topological polar surface area (TPSA) is 116 Å². The Labute approximate surface area is 196 Å². The first-order valence-electron chi connectivity index (χ1n) is 9.59. The predicted octanol–water partition coefficient (Wildman–Crippen LogP) is 4.62. The summed E-state index contributed by atoms with van der Waals surface area (Å²) in [6.45, 7) is -0.756. The fraction of sp³-hybridized carbons (Fsp3) is 0.0870. The van der Waals surface area contributed by atoms with Gasteiger partial charge in [-0.2, -0.15) is 0 Å². The number of carbonyl (C=O) groups is 3. The molecule has 11 heteroatoms. The number of hydrogen-bond acceptors (Lipinski definition) is 7. The van der Waals surface area contributed by atoms with E-state index in [4.69, 9.17) is 4.74 Å². The van der Waals surface area contributed by atoms with Crippen LogP contribution >= 0.6 is 11.8 Å². The number of ketones is 1. The largest absolute Gasteiger partial charge is 0.452 e. The van der Waals surface area contributed by atoms with Gasteiger partial charge in [0.15, 0.2) is 24.0 Å². The number of benzene rings is 3. The minimum absolute atomic E-state index is 0.000768. The van der Waals surface area contributed by atoms with Gasteiger partial charge in [-0.05, 0) is 36.6 Å². The van der Waals surface area contributed by atoms with Crippen LogP contribution in [0.1, 0.15) is 26.3 Å². The Balaban J connectivity index is 1.75. The molecule has 174 valence electrons. The van der Waals surface area contributed by atoms with Crippen molar-refractivity contribution in [3.05, 3.63) is 99.1 Å². The summed E-state index contributed by atoms with van der Waals surface area (Å²) in [5.74, 6) is -4.69. The van der Waals surface area contributed by atoms with E-state index < -0.39 is 40.8 Å². The zero-order valence-electron chi connectivity index (χ0n) is 17.5. The summed E-state index contributed by atoms with van der Waals surface area (Å²) in [6.07, 6.45) is 1.66. The molecule has 3 aromatic carbocycles. The van der Waals surface area contributed by atoms with Crippen LogP contribution in [0.3, 0.4) is 0 Å². The lowest BCUT2D eigenvalue weighted by Gasteiger charge is -2.10. The van der Waals surface area contributed by atoms with Gasteiger partial charge in [0.1, 0.15) is 0 Å². The van der Waals surface area contributed by atoms with Crippen molar-refractivity contribution in [3.8, 4) is 0 Å². The number of hydrogen-bond donors (Lipinski definition) is 1. The lowest BCUT2D eigenvalue weighted by Crippen LogP contribution is -2.22. The highest BCUT2D eigenvalue weighted by Crippen LogP contribution is 2.29.